The largest absolute Gasteiger partial charge is 0.481 e. The molecule has 0 spiro atoms. The molecule has 1 aromatic carbocycles. The van der Waals surface area contributed by atoms with E-state index in [-0.39, 0.29) is 11.1 Å². The normalized spacial score (nSPS) is 12.8. The maximum absolute atomic E-state index is 10.3. The number of aromatic carboxylic acids is 2. The molecule has 0 radical (unpaired) electrons. The molecule has 0 atom stereocenters. The highest BCUT2D eigenvalue weighted by Gasteiger charge is 2.10. The second-order valence-electron chi connectivity index (χ2n) is 11.7. The number of benzene rings is 1. The van der Waals surface area contributed by atoms with Crippen LogP contribution in [-0.2, 0) is 19.1 Å². The van der Waals surface area contributed by atoms with Crippen molar-refractivity contribution in [2.24, 2.45) is 10.8 Å². The molecule has 230 valence electrons. The van der Waals surface area contributed by atoms with Crippen molar-refractivity contribution in [3.8, 4) is 0 Å². The third kappa shape index (κ3) is 37.2. The quantitative estimate of drug-likeness (QED) is 0.180. The maximum atomic E-state index is 10.3. The van der Waals surface area contributed by atoms with Crippen LogP contribution in [-0.4, -0.2) is 70.7 Å². The molecule has 2 aliphatic rings. The number of carboxylic acid groups (broad SMARTS) is 4. The Morgan fingerprint density at radius 2 is 0.825 bits per heavy atom. The lowest BCUT2D eigenvalue weighted by molar-refractivity contribution is -0.138. The molecule has 40 heavy (non-hydrogen) atoms. The van der Waals surface area contributed by atoms with Gasteiger partial charge in [0.25, 0.3) is 0 Å². The highest BCUT2D eigenvalue weighted by Crippen LogP contribution is 2.22. The second kappa shape index (κ2) is 21.8. The Balaban J connectivity index is 0. The smallest absolute Gasteiger partial charge is 0.335 e. The highest BCUT2D eigenvalue weighted by molar-refractivity contribution is 5.91. The molecule has 2 saturated heterocycles. The SMILES string of the molecule is C1CO1.C1CO1.CC(C)(C)CCCCC(=O)O.CC(C)(C)CCCCC(=O)O.O=C(O)c1ccc(C(=O)O)cc1. The average Bonchev–Trinajstić information content (AvgIpc) is 3.71. The number of hydrogen-bond donors (Lipinski definition) is 4. The third-order valence-corrected chi connectivity index (χ3v) is 4.92. The Morgan fingerprint density at radius 3 is 0.975 bits per heavy atom. The zero-order chi connectivity index (χ0) is 31.2. The fourth-order valence-electron chi connectivity index (χ4n) is 2.62. The first-order valence-corrected chi connectivity index (χ1v) is 13.6. The number of unbranched alkanes of at least 4 members (excludes halogenated alkanes) is 2. The van der Waals surface area contributed by atoms with Gasteiger partial charge in [-0.05, 0) is 60.8 Å². The van der Waals surface area contributed by atoms with Gasteiger partial charge in [0, 0.05) is 12.8 Å². The van der Waals surface area contributed by atoms with Gasteiger partial charge in [-0.25, -0.2) is 9.59 Å². The number of carboxylic acids is 4. The zero-order valence-corrected chi connectivity index (χ0v) is 25.0. The number of carbonyl (C=O) groups is 4. The van der Waals surface area contributed by atoms with E-state index in [1.54, 1.807) is 0 Å². The average molecular weight is 571 g/mol. The fraction of sp³-hybridized carbons (Fsp3) is 0.667. The van der Waals surface area contributed by atoms with E-state index in [1.165, 1.54) is 24.3 Å². The van der Waals surface area contributed by atoms with Crippen LogP contribution < -0.4 is 0 Å². The van der Waals surface area contributed by atoms with E-state index >= 15 is 0 Å². The summed E-state index contributed by atoms with van der Waals surface area (Å²) in [7, 11) is 0. The van der Waals surface area contributed by atoms with Crippen molar-refractivity contribution < 1.29 is 49.1 Å². The minimum absolute atomic E-state index is 0.0833. The van der Waals surface area contributed by atoms with Crippen LogP contribution in [0.4, 0.5) is 0 Å². The Labute approximate surface area is 238 Å². The Morgan fingerprint density at radius 1 is 0.575 bits per heavy atom. The third-order valence-electron chi connectivity index (χ3n) is 4.92. The molecule has 0 amide bonds. The number of aliphatic carboxylic acids is 2. The summed E-state index contributed by atoms with van der Waals surface area (Å²) in [5.74, 6) is -3.49. The van der Waals surface area contributed by atoms with Crippen molar-refractivity contribution >= 4 is 23.9 Å². The van der Waals surface area contributed by atoms with Crippen molar-refractivity contribution in [2.45, 2.75) is 92.9 Å². The van der Waals surface area contributed by atoms with Crippen LogP contribution in [0.2, 0.25) is 0 Å². The van der Waals surface area contributed by atoms with Gasteiger partial charge in [0.05, 0.1) is 37.6 Å². The number of epoxide rings is 2. The van der Waals surface area contributed by atoms with Crippen molar-refractivity contribution in [1.29, 1.82) is 0 Å². The second-order valence-corrected chi connectivity index (χ2v) is 11.7. The van der Waals surface area contributed by atoms with Gasteiger partial charge in [0.2, 0.25) is 0 Å². The summed E-state index contributed by atoms with van der Waals surface area (Å²) in [4.78, 5) is 40.9. The molecule has 10 nitrogen and oxygen atoms in total. The van der Waals surface area contributed by atoms with Gasteiger partial charge in [-0.15, -0.1) is 0 Å². The Bertz CT molecular complexity index is 768. The number of ether oxygens (including phenoxy) is 2. The molecule has 4 N–H and O–H groups in total. The topological polar surface area (TPSA) is 174 Å². The first kappa shape index (κ1) is 39.2. The molecule has 0 saturated carbocycles. The molecule has 0 unspecified atom stereocenters. The molecule has 0 bridgehead atoms. The van der Waals surface area contributed by atoms with Gasteiger partial charge in [-0.1, -0.05) is 54.4 Å². The lowest BCUT2D eigenvalue weighted by Gasteiger charge is -2.16. The van der Waals surface area contributed by atoms with Crippen LogP contribution in [0, 0.1) is 10.8 Å². The minimum atomic E-state index is -1.06. The predicted molar refractivity (Wildman–Crippen MR) is 153 cm³/mol. The summed E-state index contributed by atoms with van der Waals surface area (Å²) in [5, 5.41) is 33.6. The van der Waals surface area contributed by atoms with Gasteiger partial charge in [-0.3, -0.25) is 9.59 Å². The summed E-state index contributed by atoms with van der Waals surface area (Å²) in [6.45, 7) is 17.0. The molecule has 3 rings (SSSR count). The van der Waals surface area contributed by atoms with Crippen LogP contribution >= 0.6 is 0 Å². The minimum Gasteiger partial charge on any atom is -0.481 e. The summed E-state index contributed by atoms with van der Waals surface area (Å²) >= 11 is 0. The van der Waals surface area contributed by atoms with Gasteiger partial charge >= 0.3 is 23.9 Å². The van der Waals surface area contributed by atoms with Gasteiger partial charge in [-0.2, -0.15) is 0 Å². The molecular formula is C30H50O10. The Hall–Kier alpha value is -2.98. The van der Waals surface area contributed by atoms with E-state index in [0.29, 0.717) is 23.7 Å². The number of rotatable bonds is 10. The van der Waals surface area contributed by atoms with Crippen molar-refractivity contribution in [3.63, 3.8) is 0 Å². The van der Waals surface area contributed by atoms with E-state index in [9.17, 15) is 19.2 Å². The number of hydrogen-bond acceptors (Lipinski definition) is 6. The lowest BCUT2D eigenvalue weighted by Crippen LogP contribution is -2.04. The van der Waals surface area contributed by atoms with Crippen LogP contribution in [0.5, 0.6) is 0 Å². The standard InChI is InChI=1S/2C9H18O2.C8H6O4.2C2H4O/c2*1-9(2,3)7-5-4-6-8(10)11;9-7(10)5-1-2-6(4-3-5)8(11)12;2*1-2-3-1/h2*4-7H2,1-3H3,(H,10,11);1-4H,(H,9,10)(H,11,12);2*1-2H2. The van der Waals surface area contributed by atoms with Gasteiger partial charge < -0.3 is 29.9 Å². The monoisotopic (exact) mass is 570 g/mol. The molecule has 0 aromatic heterocycles. The van der Waals surface area contributed by atoms with Crippen LogP contribution in [0.1, 0.15) is 114 Å². The van der Waals surface area contributed by atoms with Gasteiger partial charge in [0.1, 0.15) is 0 Å². The molecular weight excluding hydrogens is 520 g/mol. The fourth-order valence-corrected chi connectivity index (χ4v) is 2.62. The first-order chi connectivity index (χ1) is 18.4. The molecule has 1 aromatic rings. The van der Waals surface area contributed by atoms with Crippen molar-refractivity contribution in [3.05, 3.63) is 35.4 Å². The van der Waals surface area contributed by atoms with Gasteiger partial charge in [0.15, 0.2) is 0 Å². The summed E-state index contributed by atoms with van der Waals surface area (Å²) in [6.07, 6.45) is 6.53. The van der Waals surface area contributed by atoms with Crippen molar-refractivity contribution in [1.82, 2.24) is 0 Å². The van der Waals surface area contributed by atoms with Crippen LogP contribution in [0.3, 0.4) is 0 Å². The first-order valence-electron chi connectivity index (χ1n) is 13.6. The Kier molecular flexibility index (Phi) is 21.3. The molecule has 10 heteroatoms. The lowest BCUT2D eigenvalue weighted by atomic mass is 9.89. The predicted octanol–water partition coefficient (Wildman–Crippen LogP) is 6.47. The van der Waals surface area contributed by atoms with E-state index < -0.39 is 23.9 Å². The van der Waals surface area contributed by atoms with Crippen LogP contribution in [0.15, 0.2) is 24.3 Å². The summed E-state index contributed by atoms with van der Waals surface area (Å²) in [6, 6.07) is 5.02. The molecule has 0 aliphatic carbocycles. The van der Waals surface area contributed by atoms with E-state index in [2.05, 4.69) is 51.0 Å². The van der Waals surface area contributed by atoms with E-state index in [4.69, 9.17) is 20.4 Å². The molecule has 2 heterocycles. The summed E-state index contributed by atoms with van der Waals surface area (Å²) in [5.41, 5.74) is 0.858. The highest BCUT2D eigenvalue weighted by atomic mass is 16.6. The molecule has 2 aliphatic heterocycles. The van der Waals surface area contributed by atoms with Crippen molar-refractivity contribution in [2.75, 3.05) is 26.4 Å². The molecule has 2 fully saturated rings. The van der Waals surface area contributed by atoms with E-state index in [0.717, 1.165) is 65.0 Å². The summed E-state index contributed by atoms with van der Waals surface area (Å²) < 4.78 is 9.00. The van der Waals surface area contributed by atoms with E-state index in [1.807, 2.05) is 0 Å². The van der Waals surface area contributed by atoms with Crippen LogP contribution in [0.25, 0.3) is 0 Å². The zero-order valence-electron chi connectivity index (χ0n) is 25.0. The maximum Gasteiger partial charge on any atom is 0.335 e.